The first kappa shape index (κ1) is 38.5. The third kappa shape index (κ3) is 5.90. The highest BCUT2D eigenvalue weighted by atomic mass is 16.3. The highest BCUT2D eigenvalue weighted by Crippen LogP contribution is 2.46. The minimum absolute atomic E-state index is 0.0344. The van der Waals surface area contributed by atoms with E-state index >= 15 is 0 Å². The van der Waals surface area contributed by atoms with E-state index in [1.807, 2.05) is 29.9 Å². The minimum atomic E-state index is -0.0344. The second kappa shape index (κ2) is 15.2. The summed E-state index contributed by atoms with van der Waals surface area (Å²) in [5.74, 6) is 1.51. The summed E-state index contributed by atoms with van der Waals surface area (Å²) < 4.78 is 23.1. The molecule has 322 valence electrons. The fourth-order valence-corrected chi connectivity index (χ4v) is 11.1. The highest BCUT2D eigenvalue weighted by Gasteiger charge is 2.42. The van der Waals surface area contributed by atoms with Crippen molar-refractivity contribution in [1.82, 2.24) is 14.8 Å². The van der Waals surface area contributed by atoms with E-state index < -0.39 is 0 Å². The predicted octanol–water partition coefficient (Wildman–Crippen LogP) is 12.3. The van der Waals surface area contributed by atoms with Crippen molar-refractivity contribution in [2.75, 3.05) is 0 Å². The second-order valence-corrected chi connectivity index (χ2v) is 17.9. The predicted molar refractivity (Wildman–Crippen MR) is 268 cm³/mol. The average molecular weight is 880 g/mol. The minimum Gasteiger partial charge on any atom is -0.455 e. The van der Waals surface area contributed by atoms with Crippen LogP contribution in [0.3, 0.4) is 0 Å². The summed E-state index contributed by atoms with van der Waals surface area (Å²) in [6.07, 6.45) is 2.87. The molecule has 0 saturated heterocycles. The molecule has 0 aliphatic carbocycles. The molecule has 6 aromatic heterocycles. The van der Waals surface area contributed by atoms with Gasteiger partial charge in [-0.25, -0.2) is 9.67 Å². The zero-order valence-electron chi connectivity index (χ0n) is 37.3. The van der Waals surface area contributed by atoms with Crippen molar-refractivity contribution in [3.8, 4) is 45.4 Å². The Bertz CT molecular complexity index is 4170. The van der Waals surface area contributed by atoms with Gasteiger partial charge < -0.3 is 8.83 Å². The lowest BCUT2D eigenvalue weighted by atomic mass is 9.91. The summed E-state index contributed by atoms with van der Waals surface area (Å²) in [4.78, 5) is 5.08. The maximum atomic E-state index is 7.04. The fourth-order valence-electron chi connectivity index (χ4n) is 11.1. The molecule has 0 N–H and O–H groups in total. The molecule has 14 rings (SSSR count). The lowest BCUT2D eigenvalue weighted by molar-refractivity contribution is -0.757. The first-order valence-corrected chi connectivity index (χ1v) is 23.3. The summed E-state index contributed by atoms with van der Waals surface area (Å²) in [6, 6.07) is 69.0. The van der Waals surface area contributed by atoms with E-state index in [1.165, 1.54) is 27.4 Å². The Morgan fingerprint density at radius 3 is 1.93 bits per heavy atom. The molecule has 13 aromatic rings. The number of nitrogens with zero attached hydrogens (tertiary/aromatic N) is 6. The molecule has 0 radical (unpaired) electrons. The summed E-state index contributed by atoms with van der Waals surface area (Å²) in [7, 11) is 1.97. The molecule has 8 nitrogen and oxygen atoms in total. The van der Waals surface area contributed by atoms with Crippen molar-refractivity contribution in [3.63, 3.8) is 0 Å². The van der Waals surface area contributed by atoms with Crippen LogP contribution in [-0.4, -0.2) is 14.8 Å². The summed E-state index contributed by atoms with van der Waals surface area (Å²) in [5.41, 5.74) is 14.9. The van der Waals surface area contributed by atoms with Gasteiger partial charge in [-0.15, -0.1) is 0 Å². The van der Waals surface area contributed by atoms with E-state index in [1.54, 1.807) is 0 Å². The molecule has 1 unspecified atom stereocenters. The van der Waals surface area contributed by atoms with Crippen LogP contribution in [0.4, 0.5) is 0 Å². The van der Waals surface area contributed by atoms with E-state index in [4.69, 9.17) is 18.9 Å². The molecule has 0 spiro atoms. The van der Waals surface area contributed by atoms with Crippen molar-refractivity contribution in [2.24, 2.45) is 7.05 Å². The molecule has 7 aromatic carbocycles. The third-order valence-electron chi connectivity index (χ3n) is 14.2. The summed E-state index contributed by atoms with van der Waals surface area (Å²) in [6.45, 7) is 1.36. The molecule has 1 aliphatic heterocycles. The van der Waals surface area contributed by atoms with Crippen LogP contribution in [0.1, 0.15) is 17.2 Å². The molecule has 0 saturated carbocycles. The smallest absolute Gasteiger partial charge is 0.250 e. The average Bonchev–Trinajstić information content (AvgIpc) is 4.16. The highest BCUT2D eigenvalue weighted by molar-refractivity contribution is 6.11. The Balaban J connectivity index is 0.959. The fraction of sp³-hybridized carbons (Fsp3) is 0.0833. The van der Waals surface area contributed by atoms with Crippen LogP contribution in [0, 0.1) is 0 Å². The van der Waals surface area contributed by atoms with Crippen molar-refractivity contribution >= 4 is 65.7 Å². The number of aryl methyl sites for hydroxylation is 3. The van der Waals surface area contributed by atoms with Crippen molar-refractivity contribution < 1.29 is 22.5 Å². The second-order valence-electron chi connectivity index (χ2n) is 17.9. The van der Waals surface area contributed by atoms with Gasteiger partial charge in [-0.3, -0.25) is 0 Å². The number of fused-ring (bicyclic) bond motifs is 13. The Labute approximate surface area is 390 Å². The van der Waals surface area contributed by atoms with Gasteiger partial charge in [-0.2, -0.15) is 18.8 Å². The van der Waals surface area contributed by atoms with Crippen LogP contribution in [-0.2, 0) is 26.6 Å². The molecule has 1 atom stereocenters. The van der Waals surface area contributed by atoms with Gasteiger partial charge in [0.1, 0.15) is 22.3 Å². The van der Waals surface area contributed by atoms with Gasteiger partial charge in [-0.1, -0.05) is 109 Å². The maximum Gasteiger partial charge on any atom is 0.250 e. The normalized spacial score (nSPS) is 13.4. The Hall–Kier alpha value is -8.75. The SMILES string of the molecule is Cn1nc(-c2ccccc2)nc1-c1cccc[n+]1CC[n+]1c(-c2c(CC3c4ccc5c(oc6ccccc65)c4-c4ccc5ccccc5[n+]43)ccc3c2oc2ccccc23)ccc2ccccc21. The standard InChI is InChI=1S/C60H43N6O2/c1-63-60(61-59(62-63)40-17-3-2-4-18-40)51-23-13-14-34-64(51)35-36-65-47-21-9-5-15-38(47)27-32-49(65)55-41(26-29-44-42-19-7-11-24-53(42)67-57(44)55)37-52-46-31-30-45-43-20-8-12-25-54(43)68-58(45)56(46)50-33-28-39-16-6-10-22-48(39)66(50)52/h2-34,52H,35-37H2,1H3/q+3. The third-order valence-corrected chi connectivity index (χ3v) is 14.2. The summed E-state index contributed by atoms with van der Waals surface area (Å²) in [5, 5.41) is 11.7. The van der Waals surface area contributed by atoms with Crippen LogP contribution >= 0.6 is 0 Å². The first-order valence-electron chi connectivity index (χ1n) is 23.3. The number of benzene rings is 7. The quantitative estimate of drug-likeness (QED) is 0.143. The van der Waals surface area contributed by atoms with Crippen LogP contribution in [0.5, 0.6) is 0 Å². The number of rotatable bonds is 8. The largest absolute Gasteiger partial charge is 0.455 e. The topological polar surface area (TPSA) is 68.6 Å². The first-order chi connectivity index (χ1) is 33.6. The van der Waals surface area contributed by atoms with E-state index in [-0.39, 0.29) is 6.04 Å². The van der Waals surface area contributed by atoms with Crippen molar-refractivity contribution in [2.45, 2.75) is 25.6 Å². The van der Waals surface area contributed by atoms with E-state index in [9.17, 15) is 0 Å². The van der Waals surface area contributed by atoms with Gasteiger partial charge in [0.25, 0.3) is 0 Å². The number of pyridine rings is 3. The van der Waals surface area contributed by atoms with E-state index in [2.05, 4.69) is 196 Å². The molecule has 1 aliphatic rings. The Morgan fingerprint density at radius 2 is 1.15 bits per heavy atom. The van der Waals surface area contributed by atoms with Crippen LogP contribution in [0.25, 0.3) is 111 Å². The molecular formula is C60H43N6O2+3. The zero-order chi connectivity index (χ0) is 44.9. The van der Waals surface area contributed by atoms with Gasteiger partial charge in [-0.05, 0) is 54.1 Å². The molecule has 8 heteroatoms. The molecule has 7 heterocycles. The van der Waals surface area contributed by atoms with Crippen LogP contribution in [0.15, 0.2) is 209 Å². The van der Waals surface area contributed by atoms with Crippen molar-refractivity contribution in [3.05, 3.63) is 211 Å². The van der Waals surface area contributed by atoms with E-state index in [0.717, 1.165) is 89.0 Å². The van der Waals surface area contributed by atoms with Gasteiger partial charge in [0, 0.05) is 93.3 Å². The number of aromatic nitrogens is 6. The molecule has 0 fully saturated rings. The van der Waals surface area contributed by atoms with Crippen LogP contribution < -0.4 is 13.7 Å². The van der Waals surface area contributed by atoms with Crippen LogP contribution in [0.2, 0.25) is 0 Å². The molecule has 68 heavy (non-hydrogen) atoms. The Kier molecular flexibility index (Phi) is 8.58. The van der Waals surface area contributed by atoms with Gasteiger partial charge in [0.2, 0.25) is 47.0 Å². The lowest BCUT2D eigenvalue weighted by Crippen LogP contribution is -2.47. The van der Waals surface area contributed by atoms with Gasteiger partial charge in [0.05, 0.1) is 11.1 Å². The lowest BCUT2D eigenvalue weighted by Gasteiger charge is -2.15. The molecule has 0 amide bonds. The van der Waals surface area contributed by atoms with Gasteiger partial charge >= 0.3 is 0 Å². The maximum absolute atomic E-state index is 7.04. The monoisotopic (exact) mass is 879 g/mol. The number of hydrogen-bond acceptors (Lipinski definition) is 4. The summed E-state index contributed by atoms with van der Waals surface area (Å²) >= 11 is 0. The molecular weight excluding hydrogens is 837 g/mol. The number of para-hydroxylation sites is 4. The van der Waals surface area contributed by atoms with Crippen molar-refractivity contribution in [1.29, 1.82) is 0 Å². The number of hydrogen-bond donors (Lipinski definition) is 0. The van der Waals surface area contributed by atoms with Gasteiger partial charge in [0.15, 0.2) is 18.1 Å². The zero-order valence-corrected chi connectivity index (χ0v) is 37.3. The number of furan rings is 2. The molecule has 0 bridgehead atoms. The Morgan fingerprint density at radius 1 is 0.515 bits per heavy atom. The van der Waals surface area contributed by atoms with E-state index in [0.29, 0.717) is 25.3 Å².